The lowest BCUT2D eigenvalue weighted by atomic mass is 10.1. The molecule has 1 aromatic carbocycles. The van der Waals surface area contributed by atoms with E-state index in [9.17, 15) is 9.90 Å². The van der Waals surface area contributed by atoms with Gasteiger partial charge in [0.15, 0.2) is 11.5 Å². The van der Waals surface area contributed by atoms with Gasteiger partial charge in [-0.2, -0.15) is 0 Å². The number of H-pyrrole nitrogens is 1. The van der Waals surface area contributed by atoms with Crippen LogP contribution in [0.2, 0.25) is 0 Å². The van der Waals surface area contributed by atoms with Crippen LogP contribution in [-0.4, -0.2) is 66.6 Å². The number of aliphatic hydroxyl groups excluding tert-OH is 1. The van der Waals surface area contributed by atoms with Crippen LogP contribution >= 0.6 is 11.3 Å². The number of benzene rings is 1. The first kappa shape index (κ1) is 26.9. The number of aromatic nitrogens is 2. The van der Waals surface area contributed by atoms with E-state index in [0.717, 1.165) is 24.1 Å². The number of fused-ring (bicyclic) bond motifs is 1. The number of hydrogen-bond acceptors (Lipinski definition) is 8. The average Bonchev–Trinajstić information content (AvgIpc) is 3.26. The summed E-state index contributed by atoms with van der Waals surface area (Å²) in [5, 5.41) is 12.9. The number of ether oxygens (including phenoxy) is 3. The Balaban J connectivity index is 1.85. The van der Waals surface area contributed by atoms with Gasteiger partial charge in [-0.25, -0.2) is 4.98 Å². The molecule has 3 aromatic rings. The Labute approximate surface area is 210 Å². The van der Waals surface area contributed by atoms with E-state index in [1.165, 1.54) is 11.3 Å². The van der Waals surface area contributed by atoms with Gasteiger partial charge in [-0.15, -0.1) is 17.9 Å². The Hall–Kier alpha value is -2.72. The van der Waals surface area contributed by atoms with Gasteiger partial charge in [0, 0.05) is 17.5 Å². The lowest BCUT2D eigenvalue weighted by Gasteiger charge is -2.25. The SMILES string of the molecule is C=CCOCC(O)CN(CCC(C)C)Cc1nc2scc(-c3ccc(OC)c(OC)c3)c2c(=O)[nH]1. The zero-order valence-electron chi connectivity index (χ0n) is 20.9. The molecule has 190 valence electrons. The fourth-order valence-electron chi connectivity index (χ4n) is 3.81. The fourth-order valence-corrected chi connectivity index (χ4v) is 4.78. The van der Waals surface area contributed by atoms with Crippen molar-refractivity contribution in [1.82, 2.24) is 14.9 Å². The van der Waals surface area contributed by atoms with Crippen LogP contribution in [0.1, 0.15) is 26.1 Å². The molecule has 3 rings (SSSR count). The average molecular weight is 502 g/mol. The molecule has 0 aliphatic rings. The van der Waals surface area contributed by atoms with Crippen molar-refractivity contribution in [3.8, 4) is 22.6 Å². The molecule has 0 amide bonds. The number of nitrogens with one attached hydrogen (secondary N) is 1. The number of rotatable bonds is 14. The highest BCUT2D eigenvalue weighted by Gasteiger charge is 2.18. The summed E-state index contributed by atoms with van der Waals surface area (Å²) in [4.78, 5) is 23.6. The van der Waals surface area contributed by atoms with Crippen molar-refractivity contribution >= 4 is 21.6 Å². The van der Waals surface area contributed by atoms with E-state index < -0.39 is 6.10 Å². The van der Waals surface area contributed by atoms with Gasteiger partial charge in [-0.1, -0.05) is 26.0 Å². The predicted molar refractivity (Wildman–Crippen MR) is 141 cm³/mol. The summed E-state index contributed by atoms with van der Waals surface area (Å²) in [5.74, 6) is 2.32. The van der Waals surface area contributed by atoms with E-state index >= 15 is 0 Å². The normalized spacial score (nSPS) is 12.4. The summed E-state index contributed by atoms with van der Waals surface area (Å²) in [7, 11) is 3.17. The van der Waals surface area contributed by atoms with Crippen LogP contribution in [0.3, 0.4) is 0 Å². The van der Waals surface area contributed by atoms with Crippen LogP contribution in [0, 0.1) is 5.92 Å². The highest BCUT2D eigenvalue weighted by Crippen LogP contribution is 2.36. The maximum Gasteiger partial charge on any atom is 0.260 e. The first-order valence-electron chi connectivity index (χ1n) is 11.7. The molecular weight excluding hydrogens is 466 g/mol. The molecule has 9 heteroatoms. The van der Waals surface area contributed by atoms with E-state index in [2.05, 4.69) is 30.3 Å². The number of aromatic amines is 1. The van der Waals surface area contributed by atoms with E-state index in [1.54, 1.807) is 20.3 Å². The number of nitrogens with zero attached hydrogens (tertiary/aromatic N) is 2. The van der Waals surface area contributed by atoms with Gasteiger partial charge in [0.2, 0.25) is 0 Å². The largest absolute Gasteiger partial charge is 0.493 e. The Morgan fingerprint density at radius 1 is 1.26 bits per heavy atom. The van der Waals surface area contributed by atoms with Crippen molar-refractivity contribution in [1.29, 1.82) is 0 Å². The smallest absolute Gasteiger partial charge is 0.260 e. The topological polar surface area (TPSA) is 96.9 Å². The van der Waals surface area contributed by atoms with Crippen LogP contribution in [0.4, 0.5) is 0 Å². The van der Waals surface area contributed by atoms with Crippen LogP contribution in [0.25, 0.3) is 21.3 Å². The van der Waals surface area contributed by atoms with Gasteiger partial charge in [-0.3, -0.25) is 9.69 Å². The third-order valence-electron chi connectivity index (χ3n) is 5.60. The highest BCUT2D eigenvalue weighted by molar-refractivity contribution is 7.17. The van der Waals surface area contributed by atoms with Gasteiger partial charge in [-0.05, 0) is 36.6 Å². The van der Waals surface area contributed by atoms with E-state index in [0.29, 0.717) is 53.2 Å². The Kier molecular flexibility index (Phi) is 9.85. The Bertz CT molecular complexity index is 1170. The maximum atomic E-state index is 13.1. The summed E-state index contributed by atoms with van der Waals surface area (Å²) in [6, 6.07) is 5.58. The monoisotopic (exact) mass is 501 g/mol. The second-order valence-corrected chi connectivity index (χ2v) is 9.67. The molecule has 2 aromatic heterocycles. The lowest BCUT2D eigenvalue weighted by molar-refractivity contribution is 0.0232. The van der Waals surface area contributed by atoms with Crippen LogP contribution < -0.4 is 15.0 Å². The summed E-state index contributed by atoms with van der Waals surface area (Å²) in [5.41, 5.74) is 1.47. The Morgan fingerprint density at radius 2 is 2.03 bits per heavy atom. The molecule has 2 heterocycles. The predicted octanol–water partition coefficient (Wildman–Crippen LogP) is 4.08. The zero-order chi connectivity index (χ0) is 25.4. The van der Waals surface area contributed by atoms with Crippen LogP contribution in [0.5, 0.6) is 11.5 Å². The molecule has 0 aliphatic heterocycles. The molecule has 0 saturated heterocycles. The van der Waals surface area contributed by atoms with Crippen molar-refractivity contribution in [2.75, 3.05) is 40.5 Å². The number of aliphatic hydroxyl groups is 1. The number of thiophene rings is 1. The molecule has 1 atom stereocenters. The van der Waals surface area contributed by atoms with Gasteiger partial charge in [0.25, 0.3) is 5.56 Å². The number of hydrogen-bond donors (Lipinski definition) is 2. The minimum Gasteiger partial charge on any atom is -0.493 e. The first-order valence-corrected chi connectivity index (χ1v) is 12.6. The molecule has 0 fully saturated rings. The first-order chi connectivity index (χ1) is 16.9. The minimum atomic E-state index is -0.643. The van der Waals surface area contributed by atoms with Crippen molar-refractivity contribution in [3.05, 3.63) is 52.4 Å². The lowest BCUT2D eigenvalue weighted by Crippen LogP contribution is -2.36. The van der Waals surface area contributed by atoms with Crippen LogP contribution in [0.15, 0.2) is 41.0 Å². The zero-order valence-corrected chi connectivity index (χ0v) is 21.7. The Morgan fingerprint density at radius 3 is 2.71 bits per heavy atom. The molecule has 1 unspecified atom stereocenters. The van der Waals surface area contributed by atoms with E-state index in [-0.39, 0.29) is 12.2 Å². The molecule has 0 bridgehead atoms. The van der Waals surface area contributed by atoms with Gasteiger partial charge >= 0.3 is 0 Å². The molecule has 2 N–H and O–H groups in total. The van der Waals surface area contributed by atoms with E-state index in [1.807, 2.05) is 23.6 Å². The van der Waals surface area contributed by atoms with Crippen molar-refractivity contribution < 1.29 is 19.3 Å². The molecule has 0 spiro atoms. The van der Waals surface area contributed by atoms with Gasteiger partial charge < -0.3 is 24.3 Å². The minimum absolute atomic E-state index is 0.185. The number of methoxy groups -OCH3 is 2. The summed E-state index contributed by atoms with van der Waals surface area (Å²) >= 11 is 1.43. The third kappa shape index (κ3) is 7.14. The molecule has 0 radical (unpaired) electrons. The van der Waals surface area contributed by atoms with Crippen LogP contribution in [-0.2, 0) is 11.3 Å². The quantitative estimate of drug-likeness (QED) is 0.254. The third-order valence-corrected chi connectivity index (χ3v) is 6.47. The summed E-state index contributed by atoms with van der Waals surface area (Å²) in [6.45, 7) is 10.2. The van der Waals surface area contributed by atoms with Crippen molar-refractivity contribution in [3.63, 3.8) is 0 Å². The standard InChI is InChI=1S/C26H35N3O5S/c1-6-11-34-15-19(30)13-29(10-9-17(2)3)14-23-27-25(31)24-20(16-35-26(24)28-23)18-7-8-21(32-4)22(12-18)33-5/h6-8,12,16-17,19,30H,1,9-11,13-15H2,2-5H3,(H,27,28,31). The molecular formula is C26H35N3O5S. The van der Waals surface area contributed by atoms with Gasteiger partial charge in [0.05, 0.1) is 45.5 Å². The summed E-state index contributed by atoms with van der Waals surface area (Å²) < 4.78 is 16.1. The van der Waals surface area contributed by atoms with Crippen molar-refractivity contribution in [2.45, 2.75) is 32.9 Å². The second kappa shape index (κ2) is 12.8. The fraction of sp³-hybridized carbons (Fsp3) is 0.462. The molecule has 8 nitrogen and oxygen atoms in total. The van der Waals surface area contributed by atoms with Gasteiger partial charge in [0.1, 0.15) is 10.7 Å². The second-order valence-electron chi connectivity index (χ2n) is 8.81. The summed E-state index contributed by atoms with van der Waals surface area (Å²) in [6.07, 6.45) is 1.98. The molecule has 35 heavy (non-hydrogen) atoms. The van der Waals surface area contributed by atoms with E-state index in [4.69, 9.17) is 19.2 Å². The molecule has 0 saturated carbocycles. The highest BCUT2D eigenvalue weighted by atomic mass is 32.1. The van der Waals surface area contributed by atoms with Crippen molar-refractivity contribution in [2.24, 2.45) is 5.92 Å². The molecule has 0 aliphatic carbocycles. The maximum absolute atomic E-state index is 13.1.